The first-order valence-corrected chi connectivity index (χ1v) is 6.37. The Morgan fingerprint density at radius 1 is 1.05 bits per heavy atom. The Morgan fingerprint density at radius 3 is 2.58 bits per heavy atom. The van der Waals surface area contributed by atoms with Crippen LogP contribution in [-0.2, 0) is 6.54 Å². The molecule has 3 heteroatoms. The highest BCUT2D eigenvalue weighted by molar-refractivity contribution is 5.65. The van der Waals surface area contributed by atoms with E-state index < -0.39 is 11.6 Å². The maximum atomic E-state index is 13.8. The minimum absolute atomic E-state index is 0.442. The Balaban J connectivity index is 2.38. The van der Waals surface area contributed by atoms with Gasteiger partial charge in [-0.25, -0.2) is 8.78 Å². The number of benzene rings is 2. The van der Waals surface area contributed by atoms with E-state index in [4.69, 9.17) is 0 Å². The second-order valence-corrected chi connectivity index (χ2v) is 4.56. The largest absolute Gasteiger partial charge is 0.313 e. The van der Waals surface area contributed by atoms with Crippen molar-refractivity contribution in [2.24, 2.45) is 0 Å². The van der Waals surface area contributed by atoms with Crippen LogP contribution in [0.1, 0.15) is 18.1 Å². The van der Waals surface area contributed by atoms with Gasteiger partial charge >= 0.3 is 0 Å². The molecule has 0 aromatic heterocycles. The summed E-state index contributed by atoms with van der Waals surface area (Å²) in [7, 11) is 0. The summed E-state index contributed by atoms with van der Waals surface area (Å²) in [6.45, 7) is 5.30. The molecular formula is C16H17F2N. The minimum atomic E-state index is -0.524. The zero-order valence-corrected chi connectivity index (χ0v) is 11.1. The van der Waals surface area contributed by atoms with Crippen LogP contribution in [0.2, 0.25) is 0 Å². The Labute approximate surface area is 112 Å². The monoisotopic (exact) mass is 261 g/mol. The van der Waals surface area contributed by atoms with Crippen molar-refractivity contribution in [3.05, 3.63) is 59.2 Å². The molecule has 0 aliphatic rings. The Hall–Kier alpha value is -1.74. The summed E-state index contributed by atoms with van der Waals surface area (Å²) < 4.78 is 27.1. The molecule has 0 spiro atoms. The summed E-state index contributed by atoms with van der Waals surface area (Å²) in [5.74, 6) is -1.03. The topological polar surface area (TPSA) is 12.0 Å². The van der Waals surface area contributed by atoms with Crippen LogP contribution < -0.4 is 5.32 Å². The smallest absolute Gasteiger partial charge is 0.133 e. The maximum Gasteiger partial charge on any atom is 0.133 e. The van der Waals surface area contributed by atoms with Gasteiger partial charge in [-0.3, -0.25) is 0 Å². The summed E-state index contributed by atoms with van der Waals surface area (Å²) in [5.41, 5.74) is 2.75. The van der Waals surface area contributed by atoms with Crippen molar-refractivity contribution in [1.82, 2.24) is 5.32 Å². The molecule has 0 unspecified atom stereocenters. The van der Waals surface area contributed by atoms with Crippen LogP contribution in [0.15, 0.2) is 36.4 Å². The van der Waals surface area contributed by atoms with Crippen molar-refractivity contribution in [3.8, 4) is 11.1 Å². The van der Waals surface area contributed by atoms with E-state index in [0.717, 1.165) is 30.3 Å². The quantitative estimate of drug-likeness (QED) is 0.875. The van der Waals surface area contributed by atoms with Crippen molar-refractivity contribution in [1.29, 1.82) is 0 Å². The molecule has 0 bridgehead atoms. The molecule has 2 rings (SSSR count). The highest BCUT2D eigenvalue weighted by Gasteiger charge is 2.09. The van der Waals surface area contributed by atoms with E-state index in [9.17, 15) is 8.78 Å². The van der Waals surface area contributed by atoms with Crippen LogP contribution in [0.4, 0.5) is 8.78 Å². The summed E-state index contributed by atoms with van der Waals surface area (Å²) in [6.07, 6.45) is 0. The molecule has 0 saturated heterocycles. The van der Waals surface area contributed by atoms with Gasteiger partial charge in [0.15, 0.2) is 0 Å². The van der Waals surface area contributed by atoms with Gasteiger partial charge in [-0.05, 0) is 42.3 Å². The van der Waals surface area contributed by atoms with Crippen LogP contribution in [-0.4, -0.2) is 6.54 Å². The van der Waals surface area contributed by atoms with Crippen LogP contribution in [0, 0.1) is 18.6 Å². The molecule has 2 aromatic carbocycles. The molecule has 0 aliphatic carbocycles. The Morgan fingerprint density at radius 2 is 1.84 bits per heavy atom. The molecule has 0 radical (unpaired) electrons. The van der Waals surface area contributed by atoms with Gasteiger partial charge in [0, 0.05) is 18.2 Å². The van der Waals surface area contributed by atoms with Crippen LogP contribution >= 0.6 is 0 Å². The van der Waals surface area contributed by atoms with Gasteiger partial charge in [-0.15, -0.1) is 0 Å². The normalized spacial score (nSPS) is 10.7. The first kappa shape index (κ1) is 13.7. The molecule has 0 fully saturated rings. The number of halogens is 2. The Bertz CT molecular complexity index is 579. The highest BCUT2D eigenvalue weighted by Crippen LogP contribution is 2.26. The van der Waals surface area contributed by atoms with Gasteiger partial charge in [0.25, 0.3) is 0 Å². The second kappa shape index (κ2) is 5.93. The lowest BCUT2D eigenvalue weighted by Gasteiger charge is -2.08. The zero-order valence-electron chi connectivity index (χ0n) is 11.1. The lowest BCUT2D eigenvalue weighted by molar-refractivity contribution is 0.579. The SMILES string of the molecule is CCNCc1cccc(-c2cc(C)c(F)cc2F)c1. The first-order valence-electron chi connectivity index (χ1n) is 6.37. The second-order valence-electron chi connectivity index (χ2n) is 4.56. The summed E-state index contributed by atoms with van der Waals surface area (Å²) in [4.78, 5) is 0. The van der Waals surface area contributed by atoms with Crippen molar-refractivity contribution in [2.75, 3.05) is 6.54 Å². The molecule has 0 saturated carbocycles. The summed E-state index contributed by atoms with van der Waals surface area (Å²) in [6, 6.07) is 10.1. The molecule has 100 valence electrons. The highest BCUT2D eigenvalue weighted by atomic mass is 19.1. The van der Waals surface area contributed by atoms with Crippen molar-refractivity contribution in [2.45, 2.75) is 20.4 Å². The van der Waals surface area contributed by atoms with Crippen LogP contribution in [0.25, 0.3) is 11.1 Å². The first-order chi connectivity index (χ1) is 9.11. The molecule has 0 aliphatic heterocycles. The number of hydrogen-bond acceptors (Lipinski definition) is 1. The zero-order chi connectivity index (χ0) is 13.8. The molecule has 0 amide bonds. The lowest BCUT2D eigenvalue weighted by atomic mass is 10.0. The van der Waals surface area contributed by atoms with Gasteiger partial charge in [-0.1, -0.05) is 25.1 Å². The third-order valence-electron chi connectivity index (χ3n) is 3.07. The molecule has 2 aromatic rings. The van der Waals surface area contributed by atoms with Gasteiger partial charge in [0.2, 0.25) is 0 Å². The van der Waals surface area contributed by atoms with Crippen molar-refractivity contribution < 1.29 is 8.78 Å². The van der Waals surface area contributed by atoms with E-state index in [0.29, 0.717) is 11.1 Å². The number of aryl methyl sites for hydroxylation is 1. The molecule has 1 N–H and O–H groups in total. The summed E-state index contributed by atoms with van der Waals surface area (Å²) in [5, 5.41) is 3.22. The standard InChI is InChI=1S/C16H17F2N/c1-3-19-10-12-5-4-6-13(8-12)14-7-11(2)15(17)9-16(14)18/h4-9,19H,3,10H2,1-2H3. The molecule has 0 atom stereocenters. The van der Waals surface area contributed by atoms with Crippen molar-refractivity contribution >= 4 is 0 Å². The molecule has 1 nitrogen and oxygen atoms in total. The maximum absolute atomic E-state index is 13.8. The molecular weight excluding hydrogens is 244 g/mol. The predicted octanol–water partition coefficient (Wildman–Crippen LogP) is 4.05. The minimum Gasteiger partial charge on any atom is -0.313 e. The van der Waals surface area contributed by atoms with E-state index in [2.05, 4.69) is 5.32 Å². The number of nitrogens with one attached hydrogen (secondary N) is 1. The fraction of sp³-hybridized carbons (Fsp3) is 0.250. The summed E-state index contributed by atoms with van der Waals surface area (Å²) >= 11 is 0. The predicted molar refractivity (Wildman–Crippen MR) is 73.9 cm³/mol. The third kappa shape index (κ3) is 3.18. The average molecular weight is 261 g/mol. The van der Waals surface area contributed by atoms with Crippen LogP contribution in [0.3, 0.4) is 0 Å². The lowest BCUT2D eigenvalue weighted by Crippen LogP contribution is -2.11. The van der Waals surface area contributed by atoms with E-state index in [1.165, 1.54) is 0 Å². The fourth-order valence-corrected chi connectivity index (χ4v) is 2.00. The van der Waals surface area contributed by atoms with Gasteiger partial charge in [0.05, 0.1) is 0 Å². The molecule has 0 heterocycles. The van der Waals surface area contributed by atoms with Gasteiger partial charge in [-0.2, -0.15) is 0 Å². The average Bonchev–Trinajstić information content (AvgIpc) is 2.41. The molecule has 19 heavy (non-hydrogen) atoms. The number of hydrogen-bond donors (Lipinski definition) is 1. The van der Waals surface area contributed by atoms with E-state index in [-0.39, 0.29) is 0 Å². The third-order valence-corrected chi connectivity index (χ3v) is 3.07. The van der Waals surface area contributed by atoms with E-state index in [1.54, 1.807) is 13.0 Å². The van der Waals surface area contributed by atoms with Crippen molar-refractivity contribution in [3.63, 3.8) is 0 Å². The van der Waals surface area contributed by atoms with Gasteiger partial charge < -0.3 is 5.32 Å². The number of rotatable bonds is 4. The fourth-order valence-electron chi connectivity index (χ4n) is 2.00. The van der Waals surface area contributed by atoms with Gasteiger partial charge in [0.1, 0.15) is 11.6 Å². The van der Waals surface area contributed by atoms with Crippen LogP contribution in [0.5, 0.6) is 0 Å². The Kier molecular flexibility index (Phi) is 4.27. The van der Waals surface area contributed by atoms with E-state index >= 15 is 0 Å². The van der Waals surface area contributed by atoms with E-state index in [1.807, 2.05) is 31.2 Å².